The third-order valence-corrected chi connectivity index (χ3v) is 2.07. The number of carbonyl (C=O) groups excluding carboxylic acids is 1. The SMILES string of the molecule is Cn1cc(C(=O)N(N)c2ccccn2)cn1. The summed E-state index contributed by atoms with van der Waals surface area (Å²) in [5.74, 6) is 5.72. The number of hydrazine groups is 1. The van der Waals surface area contributed by atoms with E-state index in [0.29, 0.717) is 11.4 Å². The van der Waals surface area contributed by atoms with Crippen LogP contribution in [0.5, 0.6) is 0 Å². The molecule has 0 aliphatic carbocycles. The zero-order valence-electron chi connectivity index (χ0n) is 8.74. The summed E-state index contributed by atoms with van der Waals surface area (Å²) >= 11 is 0. The van der Waals surface area contributed by atoms with E-state index in [1.54, 1.807) is 42.3 Å². The van der Waals surface area contributed by atoms with E-state index >= 15 is 0 Å². The number of carbonyl (C=O) groups is 1. The number of anilines is 1. The zero-order valence-corrected chi connectivity index (χ0v) is 8.74. The predicted octanol–water partition coefficient (Wildman–Crippen LogP) is 0.336. The van der Waals surface area contributed by atoms with Crippen molar-refractivity contribution in [2.45, 2.75) is 0 Å². The fraction of sp³-hybridized carbons (Fsp3) is 0.100. The number of hydrogen-bond acceptors (Lipinski definition) is 4. The first-order valence-corrected chi connectivity index (χ1v) is 4.67. The van der Waals surface area contributed by atoms with E-state index in [1.165, 1.54) is 6.20 Å². The highest BCUT2D eigenvalue weighted by Crippen LogP contribution is 2.09. The van der Waals surface area contributed by atoms with Crippen molar-refractivity contribution in [2.24, 2.45) is 12.9 Å². The van der Waals surface area contributed by atoms with Gasteiger partial charge in [-0.1, -0.05) is 6.07 Å². The molecule has 0 fully saturated rings. The molecule has 0 aliphatic rings. The topological polar surface area (TPSA) is 77.0 Å². The van der Waals surface area contributed by atoms with Gasteiger partial charge in [-0.3, -0.25) is 9.48 Å². The minimum absolute atomic E-state index is 0.341. The smallest absolute Gasteiger partial charge is 0.275 e. The number of rotatable bonds is 2. The Bertz CT molecular complexity index is 493. The lowest BCUT2D eigenvalue weighted by molar-refractivity contribution is 0.0986. The van der Waals surface area contributed by atoms with Crippen LogP contribution in [0.25, 0.3) is 0 Å². The highest BCUT2D eigenvalue weighted by atomic mass is 16.2. The molecule has 2 rings (SSSR count). The number of aromatic nitrogens is 3. The number of nitrogens with zero attached hydrogens (tertiary/aromatic N) is 4. The van der Waals surface area contributed by atoms with Crippen molar-refractivity contribution >= 4 is 11.7 Å². The van der Waals surface area contributed by atoms with Crippen LogP contribution in [0.2, 0.25) is 0 Å². The Morgan fingerprint density at radius 2 is 2.31 bits per heavy atom. The maximum absolute atomic E-state index is 11.9. The van der Waals surface area contributed by atoms with Gasteiger partial charge in [-0.15, -0.1) is 0 Å². The van der Waals surface area contributed by atoms with Gasteiger partial charge in [-0.05, 0) is 12.1 Å². The number of aryl methyl sites for hydroxylation is 1. The first-order chi connectivity index (χ1) is 7.68. The maximum Gasteiger partial charge on any atom is 0.276 e. The number of amides is 1. The molecular formula is C10H11N5O. The normalized spacial score (nSPS) is 10.1. The standard InChI is InChI=1S/C10H11N5O/c1-14-7-8(6-13-14)10(16)15(11)9-4-2-3-5-12-9/h2-7H,11H2,1H3. The van der Waals surface area contributed by atoms with Crippen molar-refractivity contribution in [3.8, 4) is 0 Å². The lowest BCUT2D eigenvalue weighted by Crippen LogP contribution is -2.37. The van der Waals surface area contributed by atoms with Crippen molar-refractivity contribution < 1.29 is 4.79 Å². The molecular weight excluding hydrogens is 206 g/mol. The van der Waals surface area contributed by atoms with Gasteiger partial charge in [0.15, 0.2) is 0 Å². The molecule has 2 aromatic rings. The summed E-state index contributed by atoms with van der Waals surface area (Å²) in [7, 11) is 1.73. The first-order valence-electron chi connectivity index (χ1n) is 4.67. The van der Waals surface area contributed by atoms with Crippen LogP contribution in [-0.4, -0.2) is 20.7 Å². The number of nitrogens with two attached hydrogens (primary N) is 1. The minimum Gasteiger partial charge on any atom is -0.275 e. The van der Waals surface area contributed by atoms with Gasteiger partial charge in [0, 0.05) is 19.4 Å². The van der Waals surface area contributed by atoms with E-state index in [1.807, 2.05) is 0 Å². The van der Waals surface area contributed by atoms with Crippen LogP contribution >= 0.6 is 0 Å². The Hall–Kier alpha value is -2.21. The van der Waals surface area contributed by atoms with E-state index in [2.05, 4.69) is 10.1 Å². The van der Waals surface area contributed by atoms with Gasteiger partial charge in [0.05, 0.1) is 11.8 Å². The van der Waals surface area contributed by atoms with E-state index in [-0.39, 0.29) is 5.91 Å². The Labute approximate surface area is 92.3 Å². The van der Waals surface area contributed by atoms with Gasteiger partial charge in [0.2, 0.25) is 0 Å². The molecule has 2 N–H and O–H groups in total. The zero-order chi connectivity index (χ0) is 11.5. The highest BCUT2D eigenvalue weighted by molar-refractivity contribution is 6.04. The highest BCUT2D eigenvalue weighted by Gasteiger charge is 2.16. The second-order valence-corrected chi connectivity index (χ2v) is 3.27. The summed E-state index contributed by atoms with van der Waals surface area (Å²) in [4.78, 5) is 15.9. The summed E-state index contributed by atoms with van der Waals surface area (Å²) in [5.41, 5.74) is 0.427. The summed E-state index contributed by atoms with van der Waals surface area (Å²) in [6, 6.07) is 5.18. The van der Waals surface area contributed by atoms with Gasteiger partial charge in [0.1, 0.15) is 5.82 Å². The molecule has 1 amide bonds. The Kier molecular flexibility index (Phi) is 2.65. The van der Waals surface area contributed by atoms with Crippen LogP contribution in [0.3, 0.4) is 0 Å². The van der Waals surface area contributed by atoms with Gasteiger partial charge in [-0.2, -0.15) is 5.10 Å². The minimum atomic E-state index is -0.341. The Morgan fingerprint density at radius 1 is 1.50 bits per heavy atom. The van der Waals surface area contributed by atoms with Crippen LogP contribution in [0, 0.1) is 0 Å². The molecule has 0 atom stereocenters. The van der Waals surface area contributed by atoms with Crippen molar-refractivity contribution in [2.75, 3.05) is 5.01 Å². The van der Waals surface area contributed by atoms with E-state index in [4.69, 9.17) is 5.84 Å². The summed E-state index contributed by atoms with van der Waals surface area (Å²) < 4.78 is 1.54. The Morgan fingerprint density at radius 3 is 2.88 bits per heavy atom. The lowest BCUT2D eigenvalue weighted by Gasteiger charge is -2.13. The van der Waals surface area contributed by atoms with Crippen LogP contribution in [0.15, 0.2) is 36.8 Å². The molecule has 0 unspecified atom stereocenters. The second-order valence-electron chi connectivity index (χ2n) is 3.27. The largest absolute Gasteiger partial charge is 0.276 e. The molecule has 0 saturated carbocycles. The van der Waals surface area contributed by atoms with Crippen molar-refractivity contribution in [3.05, 3.63) is 42.4 Å². The molecule has 6 heteroatoms. The van der Waals surface area contributed by atoms with Gasteiger partial charge >= 0.3 is 0 Å². The lowest BCUT2D eigenvalue weighted by atomic mass is 10.3. The molecule has 0 spiro atoms. The summed E-state index contributed by atoms with van der Waals surface area (Å²) in [6.45, 7) is 0. The Balaban J connectivity index is 2.23. The molecule has 0 bridgehead atoms. The maximum atomic E-state index is 11.9. The van der Waals surface area contributed by atoms with Gasteiger partial charge < -0.3 is 0 Å². The number of pyridine rings is 1. The van der Waals surface area contributed by atoms with Crippen molar-refractivity contribution in [1.82, 2.24) is 14.8 Å². The van der Waals surface area contributed by atoms with Crippen molar-refractivity contribution in [1.29, 1.82) is 0 Å². The number of hydrogen-bond donors (Lipinski definition) is 1. The first kappa shape index (κ1) is 10.3. The third-order valence-electron chi connectivity index (χ3n) is 2.07. The van der Waals surface area contributed by atoms with Crippen LogP contribution in [0.4, 0.5) is 5.82 Å². The molecule has 0 radical (unpaired) electrons. The second kappa shape index (κ2) is 4.11. The van der Waals surface area contributed by atoms with Crippen LogP contribution < -0.4 is 10.9 Å². The van der Waals surface area contributed by atoms with Crippen LogP contribution in [-0.2, 0) is 7.05 Å². The molecule has 16 heavy (non-hydrogen) atoms. The van der Waals surface area contributed by atoms with E-state index < -0.39 is 0 Å². The molecule has 2 heterocycles. The van der Waals surface area contributed by atoms with Gasteiger partial charge in [0.25, 0.3) is 5.91 Å². The molecule has 2 aromatic heterocycles. The quantitative estimate of drug-likeness (QED) is 0.447. The molecule has 0 aromatic carbocycles. The third kappa shape index (κ3) is 1.91. The molecule has 0 aliphatic heterocycles. The average molecular weight is 217 g/mol. The monoisotopic (exact) mass is 217 g/mol. The molecule has 6 nitrogen and oxygen atoms in total. The predicted molar refractivity (Wildman–Crippen MR) is 58.4 cm³/mol. The van der Waals surface area contributed by atoms with Crippen LogP contribution in [0.1, 0.15) is 10.4 Å². The molecule has 0 saturated heterocycles. The summed E-state index contributed by atoms with van der Waals surface area (Å²) in [6.07, 6.45) is 4.64. The fourth-order valence-electron chi connectivity index (χ4n) is 1.27. The summed E-state index contributed by atoms with van der Waals surface area (Å²) in [5, 5.41) is 4.90. The van der Waals surface area contributed by atoms with Gasteiger partial charge in [-0.25, -0.2) is 15.8 Å². The van der Waals surface area contributed by atoms with E-state index in [9.17, 15) is 4.79 Å². The fourth-order valence-corrected chi connectivity index (χ4v) is 1.27. The van der Waals surface area contributed by atoms with E-state index in [0.717, 1.165) is 5.01 Å². The average Bonchev–Trinajstić information content (AvgIpc) is 2.75. The molecule has 82 valence electrons. The van der Waals surface area contributed by atoms with Crippen molar-refractivity contribution in [3.63, 3.8) is 0 Å².